The first kappa shape index (κ1) is 37.7. The molecular weight excluding hydrogens is 857 g/mol. The Hall–Kier alpha value is -5.57. The summed E-state index contributed by atoms with van der Waals surface area (Å²) in [5.74, 6) is -0.941. The first-order chi connectivity index (χ1) is 28.8. The molecule has 0 spiro atoms. The second kappa shape index (κ2) is 14.9. The van der Waals surface area contributed by atoms with E-state index in [9.17, 15) is 9.90 Å². The molecule has 59 heavy (non-hydrogen) atoms. The van der Waals surface area contributed by atoms with Crippen LogP contribution in [0.1, 0.15) is 47.2 Å². The predicted octanol–water partition coefficient (Wildman–Crippen LogP) is 6.74. The summed E-state index contributed by atoms with van der Waals surface area (Å²) in [5, 5.41) is 9.76. The lowest BCUT2D eigenvalue weighted by molar-refractivity contribution is -0.179. The molecule has 4 saturated heterocycles. The molecule has 0 unspecified atom stereocenters. The molecule has 11 nitrogen and oxygen atoms in total. The maximum absolute atomic E-state index is 15.7. The third kappa shape index (κ3) is 5.97. The van der Waals surface area contributed by atoms with Gasteiger partial charge < -0.3 is 24.4 Å². The number of benzene rings is 5. The summed E-state index contributed by atoms with van der Waals surface area (Å²) in [7, 11) is 0. The van der Waals surface area contributed by atoms with Gasteiger partial charge in [-0.1, -0.05) is 72.8 Å². The van der Waals surface area contributed by atoms with Crippen LogP contribution in [-0.4, -0.2) is 84.0 Å². The third-order valence-electron chi connectivity index (χ3n) is 12.6. The maximum atomic E-state index is 15.7. The summed E-state index contributed by atoms with van der Waals surface area (Å²) in [6.07, 6.45) is -0.713. The Kier molecular flexibility index (Phi) is 9.53. The van der Waals surface area contributed by atoms with Crippen LogP contribution in [0.2, 0.25) is 0 Å². The van der Waals surface area contributed by atoms with Gasteiger partial charge in [-0.2, -0.15) is 0 Å². The van der Waals surface area contributed by atoms with E-state index in [2.05, 4.69) is 50.6 Å². The molecule has 5 aromatic rings. The van der Waals surface area contributed by atoms with Crippen molar-refractivity contribution in [2.75, 3.05) is 49.2 Å². The monoisotopic (exact) mass is 899 g/mol. The standard InChI is InChI=1S/C47H42IN5O6/c1-29(55)50-21-23-51(24-22-50)34-16-18-35(19-17-34)52-44(56)39-40-37-28-33(48)15-20-38(37)49-46(52)47(40,32-13-8-14-36(27-32)58-26-25-54)53-41(30-9-4-2-5-10-30)43(59-45(57)42(39)53)31-11-6-3-7-12-31/h2-20,27-28,39-43,54H,21-26H2,1H3/t39-,40+,41-,42-,43+,47-/m1/s1. The number of piperidine rings is 1. The second-order valence-corrected chi connectivity index (χ2v) is 16.9. The average molecular weight is 900 g/mol. The number of anilines is 2. The molecule has 4 fully saturated rings. The molecular formula is C47H42IN5O6. The number of morpholine rings is 1. The minimum absolute atomic E-state index is 0.0743. The van der Waals surface area contributed by atoms with E-state index in [1.807, 2.05) is 114 Å². The van der Waals surface area contributed by atoms with Crippen molar-refractivity contribution in [3.05, 3.63) is 153 Å². The lowest BCUT2D eigenvalue weighted by Gasteiger charge is -2.54. The number of aliphatic imine (C=N–C) groups is 1. The fourth-order valence-electron chi connectivity index (χ4n) is 10.2. The summed E-state index contributed by atoms with van der Waals surface area (Å²) in [6, 6.07) is 40.3. The molecule has 5 aromatic carbocycles. The maximum Gasteiger partial charge on any atom is 0.324 e. The molecule has 0 radical (unpaired) electrons. The number of aliphatic hydroxyl groups excluding tert-OH is 1. The number of piperazine rings is 1. The van der Waals surface area contributed by atoms with Crippen molar-refractivity contribution < 1.29 is 29.0 Å². The van der Waals surface area contributed by atoms with Crippen LogP contribution in [-0.2, 0) is 24.7 Å². The number of amidine groups is 1. The number of aliphatic hydroxyl groups is 1. The van der Waals surface area contributed by atoms with Crippen molar-refractivity contribution >= 4 is 63.3 Å². The first-order valence-corrected chi connectivity index (χ1v) is 21.1. The zero-order valence-corrected chi connectivity index (χ0v) is 34.5. The minimum atomic E-state index is -1.19. The number of rotatable bonds is 8. The van der Waals surface area contributed by atoms with Crippen LogP contribution in [0.5, 0.6) is 5.75 Å². The van der Waals surface area contributed by atoms with Crippen molar-refractivity contribution in [1.82, 2.24) is 9.80 Å². The molecule has 2 amide bonds. The number of hydrogen-bond donors (Lipinski definition) is 1. The van der Waals surface area contributed by atoms with Crippen molar-refractivity contribution in [1.29, 1.82) is 0 Å². The highest BCUT2D eigenvalue weighted by molar-refractivity contribution is 14.1. The van der Waals surface area contributed by atoms with Crippen molar-refractivity contribution in [3.63, 3.8) is 0 Å². The number of halogens is 1. The van der Waals surface area contributed by atoms with Gasteiger partial charge in [0.2, 0.25) is 11.8 Å². The summed E-state index contributed by atoms with van der Waals surface area (Å²) in [6.45, 7) is 4.24. The van der Waals surface area contributed by atoms with Crippen LogP contribution in [0.4, 0.5) is 17.1 Å². The molecule has 6 atom stereocenters. The Morgan fingerprint density at radius 3 is 2.22 bits per heavy atom. The summed E-state index contributed by atoms with van der Waals surface area (Å²) < 4.78 is 13.7. The molecule has 0 aliphatic carbocycles. The predicted molar refractivity (Wildman–Crippen MR) is 232 cm³/mol. The normalized spacial score (nSPS) is 25.8. The fraction of sp³-hybridized carbons (Fsp3) is 0.277. The van der Waals surface area contributed by atoms with Gasteiger partial charge in [0.1, 0.15) is 35.9 Å². The van der Waals surface area contributed by atoms with Gasteiger partial charge >= 0.3 is 5.97 Å². The SMILES string of the molecule is CC(=O)N1CCN(c2ccc(N3C(=O)[C@H]4[C@@H]5C(=O)O[C@@H](c6ccccc6)[C@@H](c6ccccc6)N5[C@@]5(c6cccc(OCCO)c6)C3=Nc3ccc(I)cc3[C@@H]45)cc2)CC1. The van der Waals surface area contributed by atoms with E-state index in [0.717, 1.165) is 37.2 Å². The third-order valence-corrected chi connectivity index (χ3v) is 13.3. The number of ether oxygens (including phenoxy) is 2. The molecule has 5 aliphatic heterocycles. The topological polar surface area (TPSA) is 115 Å². The molecule has 12 heteroatoms. The van der Waals surface area contributed by atoms with Gasteiger partial charge in [-0.15, -0.1) is 0 Å². The second-order valence-electron chi connectivity index (χ2n) is 15.7. The minimum Gasteiger partial charge on any atom is -0.491 e. The molecule has 5 aliphatic rings. The molecule has 1 N–H and O–H groups in total. The molecule has 5 heterocycles. The zero-order chi connectivity index (χ0) is 40.4. The summed E-state index contributed by atoms with van der Waals surface area (Å²) in [5.41, 5.74) is 4.68. The number of nitrogens with zero attached hydrogens (tertiary/aromatic N) is 5. The summed E-state index contributed by atoms with van der Waals surface area (Å²) in [4.78, 5) is 56.4. The summed E-state index contributed by atoms with van der Waals surface area (Å²) >= 11 is 2.31. The van der Waals surface area contributed by atoms with Crippen LogP contribution in [0.15, 0.2) is 132 Å². The van der Waals surface area contributed by atoms with E-state index in [1.165, 1.54) is 0 Å². The number of amides is 2. The van der Waals surface area contributed by atoms with Gasteiger partial charge in [0.15, 0.2) is 0 Å². The van der Waals surface area contributed by atoms with E-state index >= 15 is 9.59 Å². The molecule has 10 rings (SSSR count). The van der Waals surface area contributed by atoms with Gasteiger partial charge in [-0.25, -0.2) is 4.99 Å². The highest BCUT2D eigenvalue weighted by Gasteiger charge is 2.76. The van der Waals surface area contributed by atoms with Crippen molar-refractivity contribution in [2.45, 2.75) is 36.6 Å². The van der Waals surface area contributed by atoms with E-state index in [0.29, 0.717) is 43.5 Å². The number of carbonyl (C=O) groups is 3. The fourth-order valence-corrected chi connectivity index (χ4v) is 10.7. The van der Waals surface area contributed by atoms with Gasteiger partial charge in [0, 0.05) is 48.3 Å². The zero-order valence-electron chi connectivity index (χ0n) is 32.4. The van der Waals surface area contributed by atoms with E-state index in [1.54, 1.807) is 11.8 Å². The Bertz CT molecular complexity index is 2480. The molecule has 4 bridgehead atoms. The number of fused-ring (bicyclic) bond motifs is 3. The van der Waals surface area contributed by atoms with Crippen molar-refractivity contribution in [3.8, 4) is 5.75 Å². The Morgan fingerprint density at radius 2 is 1.53 bits per heavy atom. The van der Waals surface area contributed by atoms with E-state index < -0.39 is 41.5 Å². The smallest absolute Gasteiger partial charge is 0.324 e. The van der Waals surface area contributed by atoms with E-state index in [4.69, 9.17) is 14.5 Å². The lowest BCUT2D eigenvalue weighted by Crippen LogP contribution is -2.64. The van der Waals surface area contributed by atoms with Gasteiger partial charge in [0.25, 0.3) is 0 Å². The van der Waals surface area contributed by atoms with Crippen LogP contribution < -0.4 is 14.5 Å². The number of cyclic esters (lactones) is 1. The number of esters is 1. The highest BCUT2D eigenvalue weighted by atomic mass is 127. The Balaban J connectivity index is 1.22. The van der Waals surface area contributed by atoms with Crippen LogP contribution in [0, 0.1) is 9.49 Å². The van der Waals surface area contributed by atoms with Gasteiger partial charge in [-0.05, 0) is 99.4 Å². The van der Waals surface area contributed by atoms with E-state index in [-0.39, 0.29) is 25.0 Å². The van der Waals surface area contributed by atoms with Crippen LogP contribution in [0.25, 0.3) is 0 Å². The Morgan fingerprint density at radius 1 is 0.831 bits per heavy atom. The van der Waals surface area contributed by atoms with Crippen molar-refractivity contribution in [2.24, 2.45) is 10.9 Å². The van der Waals surface area contributed by atoms with Crippen LogP contribution >= 0.6 is 22.6 Å². The highest BCUT2D eigenvalue weighted by Crippen LogP contribution is 2.68. The largest absolute Gasteiger partial charge is 0.491 e. The molecule has 298 valence electrons. The lowest BCUT2D eigenvalue weighted by atomic mass is 9.65. The number of carbonyl (C=O) groups excluding carboxylic acids is 3. The average Bonchev–Trinajstić information content (AvgIpc) is 3.56. The van der Waals surface area contributed by atoms with Crippen LogP contribution in [0.3, 0.4) is 0 Å². The first-order valence-electron chi connectivity index (χ1n) is 20.1. The molecule has 0 saturated carbocycles. The van der Waals surface area contributed by atoms with Gasteiger partial charge in [0.05, 0.1) is 29.9 Å². The number of hydrogen-bond acceptors (Lipinski definition) is 9. The van der Waals surface area contributed by atoms with Gasteiger partial charge in [-0.3, -0.25) is 24.2 Å². The molecule has 0 aromatic heterocycles. The quantitative estimate of drug-likeness (QED) is 0.135. The Labute approximate surface area is 356 Å².